The zero-order valence-corrected chi connectivity index (χ0v) is 16.0. The lowest BCUT2D eigenvalue weighted by molar-refractivity contribution is -0.122. The summed E-state index contributed by atoms with van der Waals surface area (Å²) in [6.07, 6.45) is 1.94. The Morgan fingerprint density at radius 1 is 1.23 bits per heavy atom. The van der Waals surface area contributed by atoms with Crippen molar-refractivity contribution in [3.63, 3.8) is 0 Å². The number of ether oxygens (including phenoxy) is 2. The van der Waals surface area contributed by atoms with Crippen LogP contribution in [0.15, 0.2) is 42.5 Å². The Balaban J connectivity index is 1.70. The Bertz CT molecular complexity index is 780. The second-order valence-electron chi connectivity index (χ2n) is 7.58. The molecule has 2 aromatic carbocycles. The number of methoxy groups -OCH3 is 1. The van der Waals surface area contributed by atoms with E-state index in [1.165, 1.54) is 11.1 Å². The highest BCUT2D eigenvalue weighted by molar-refractivity contribution is 5.77. The van der Waals surface area contributed by atoms with Crippen LogP contribution in [0.3, 0.4) is 0 Å². The Morgan fingerprint density at radius 2 is 1.96 bits per heavy atom. The number of fused-ring (bicyclic) bond motifs is 1. The topological polar surface area (TPSA) is 47.6 Å². The van der Waals surface area contributed by atoms with Gasteiger partial charge in [0.2, 0.25) is 5.91 Å². The molecule has 1 atom stereocenters. The fraction of sp³-hybridized carbons (Fsp3) is 0.409. The van der Waals surface area contributed by atoms with E-state index in [4.69, 9.17) is 9.47 Å². The van der Waals surface area contributed by atoms with Crippen molar-refractivity contribution in [2.75, 3.05) is 7.11 Å². The number of carbonyl (C=O) groups is 1. The van der Waals surface area contributed by atoms with Crippen molar-refractivity contribution in [3.8, 4) is 11.5 Å². The quantitative estimate of drug-likeness (QED) is 0.869. The second-order valence-corrected chi connectivity index (χ2v) is 7.58. The maximum absolute atomic E-state index is 12.5. The third kappa shape index (κ3) is 4.37. The Hall–Kier alpha value is -2.49. The summed E-state index contributed by atoms with van der Waals surface area (Å²) in [6.45, 7) is 6.16. The van der Waals surface area contributed by atoms with Crippen molar-refractivity contribution in [2.24, 2.45) is 0 Å². The molecule has 0 spiro atoms. The van der Waals surface area contributed by atoms with Gasteiger partial charge >= 0.3 is 0 Å². The highest BCUT2D eigenvalue weighted by atomic mass is 16.5. The van der Waals surface area contributed by atoms with E-state index in [1.54, 1.807) is 7.11 Å². The number of nitrogens with one attached hydrogen (secondary N) is 1. The third-order valence-electron chi connectivity index (χ3n) is 4.77. The molecule has 4 nitrogen and oxygen atoms in total. The fourth-order valence-corrected chi connectivity index (χ4v) is 3.37. The van der Waals surface area contributed by atoms with Gasteiger partial charge in [0.15, 0.2) is 0 Å². The Morgan fingerprint density at radius 3 is 2.65 bits per heavy atom. The summed E-state index contributed by atoms with van der Waals surface area (Å²) in [6, 6.07) is 14.0. The van der Waals surface area contributed by atoms with E-state index in [0.29, 0.717) is 6.42 Å². The van der Waals surface area contributed by atoms with Crippen molar-refractivity contribution in [3.05, 3.63) is 59.2 Å². The summed E-state index contributed by atoms with van der Waals surface area (Å²) >= 11 is 0. The van der Waals surface area contributed by atoms with Crippen LogP contribution in [0.25, 0.3) is 0 Å². The van der Waals surface area contributed by atoms with E-state index in [-0.39, 0.29) is 17.6 Å². The summed E-state index contributed by atoms with van der Waals surface area (Å²) in [4.78, 5) is 12.5. The number of hydrogen-bond acceptors (Lipinski definition) is 3. The van der Waals surface area contributed by atoms with Crippen molar-refractivity contribution in [2.45, 2.75) is 51.7 Å². The molecule has 0 saturated carbocycles. The smallest absolute Gasteiger partial charge is 0.220 e. The van der Waals surface area contributed by atoms with Gasteiger partial charge < -0.3 is 14.8 Å². The predicted octanol–water partition coefficient (Wildman–Crippen LogP) is 4.35. The van der Waals surface area contributed by atoms with Gasteiger partial charge in [0.05, 0.1) is 13.2 Å². The average molecular weight is 353 g/mol. The van der Waals surface area contributed by atoms with Crippen LogP contribution >= 0.6 is 0 Å². The van der Waals surface area contributed by atoms with Crippen LogP contribution in [0.2, 0.25) is 0 Å². The molecule has 1 aliphatic heterocycles. The highest BCUT2D eigenvalue weighted by Gasteiger charge is 2.34. The van der Waals surface area contributed by atoms with Gasteiger partial charge in [0.1, 0.15) is 17.1 Å². The lowest BCUT2D eigenvalue weighted by Gasteiger charge is -2.38. The summed E-state index contributed by atoms with van der Waals surface area (Å²) in [7, 11) is 1.64. The molecule has 26 heavy (non-hydrogen) atoms. The SMILES string of the molecule is COc1ccc2c(c1)[C@@H](NC(=O)CCc1ccc(C)cc1)CC(C)(C)O2. The molecule has 4 heteroatoms. The maximum atomic E-state index is 12.5. The number of aryl methyl sites for hydroxylation is 2. The van der Waals surface area contributed by atoms with Gasteiger partial charge in [-0.25, -0.2) is 0 Å². The number of hydrogen-bond donors (Lipinski definition) is 1. The second kappa shape index (κ2) is 7.40. The molecule has 0 radical (unpaired) electrons. The minimum Gasteiger partial charge on any atom is -0.497 e. The van der Waals surface area contributed by atoms with Gasteiger partial charge in [-0.05, 0) is 51.0 Å². The maximum Gasteiger partial charge on any atom is 0.220 e. The highest BCUT2D eigenvalue weighted by Crippen LogP contribution is 2.41. The van der Waals surface area contributed by atoms with Gasteiger partial charge in [0, 0.05) is 18.4 Å². The first-order chi connectivity index (χ1) is 12.4. The summed E-state index contributed by atoms with van der Waals surface area (Å²) in [5.41, 5.74) is 3.07. The Kier molecular flexibility index (Phi) is 5.21. The van der Waals surface area contributed by atoms with Crippen LogP contribution < -0.4 is 14.8 Å². The predicted molar refractivity (Wildman–Crippen MR) is 103 cm³/mol. The van der Waals surface area contributed by atoms with Gasteiger partial charge in [-0.3, -0.25) is 4.79 Å². The van der Waals surface area contributed by atoms with E-state index >= 15 is 0 Å². The minimum absolute atomic E-state index is 0.0574. The van der Waals surface area contributed by atoms with Gasteiger partial charge in [0.25, 0.3) is 0 Å². The first kappa shape index (κ1) is 18.3. The lowest BCUT2D eigenvalue weighted by atomic mass is 9.89. The van der Waals surface area contributed by atoms with Crippen LogP contribution in [0.1, 0.15) is 49.4 Å². The molecule has 0 aromatic heterocycles. The zero-order chi connectivity index (χ0) is 18.7. The first-order valence-electron chi connectivity index (χ1n) is 9.08. The van der Waals surface area contributed by atoms with Crippen LogP contribution in [0.4, 0.5) is 0 Å². The van der Waals surface area contributed by atoms with E-state index in [9.17, 15) is 4.79 Å². The lowest BCUT2D eigenvalue weighted by Crippen LogP contribution is -2.41. The Labute approximate surface area is 155 Å². The number of amides is 1. The standard InChI is InChI=1S/C22H27NO3/c1-15-5-7-16(8-6-15)9-12-21(24)23-19-14-22(2,3)26-20-11-10-17(25-4)13-18(19)20/h5-8,10-11,13,19H,9,12,14H2,1-4H3,(H,23,24)/t19-/m0/s1. The summed E-state index contributed by atoms with van der Waals surface area (Å²) in [5, 5.41) is 3.19. The van der Waals surface area contributed by atoms with Crippen LogP contribution in [-0.4, -0.2) is 18.6 Å². The molecule has 0 fully saturated rings. The molecule has 2 aromatic rings. The molecular weight excluding hydrogens is 326 g/mol. The number of carbonyl (C=O) groups excluding carboxylic acids is 1. The van der Waals surface area contributed by atoms with Gasteiger partial charge in [-0.1, -0.05) is 29.8 Å². The molecule has 1 heterocycles. The molecule has 0 bridgehead atoms. The minimum atomic E-state index is -0.323. The largest absolute Gasteiger partial charge is 0.497 e. The van der Waals surface area contributed by atoms with E-state index in [1.807, 2.05) is 32.0 Å². The molecular formula is C22H27NO3. The molecule has 0 unspecified atom stereocenters. The zero-order valence-electron chi connectivity index (χ0n) is 16.0. The van der Waals surface area contributed by atoms with Crippen LogP contribution in [-0.2, 0) is 11.2 Å². The summed E-state index contributed by atoms with van der Waals surface area (Å²) in [5.74, 6) is 1.64. The van der Waals surface area contributed by atoms with E-state index < -0.39 is 0 Å². The fourth-order valence-electron chi connectivity index (χ4n) is 3.37. The number of rotatable bonds is 5. The normalized spacial score (nSPS) is 17.8. The van der Waals surface area contributed by atoms with Crippen LogP contribution in [0.5, 0.6) is 11.5 Å². The summed E-state index contributed by atoms with van der Waals surface area (Å²) < 4.78 is 11.4. The number of benzene rings is 2. The third-order valence-corrected chi connectivity index (χ3v) is 4.77. The molecule has 0 aliphatic carbocycles. The molecule has 1 amide bonds. The monoisotopic (exact) mass is 353 g/mol. The van der Waals surface area contributed by atoms with Crippen molar-refractivity contribution >= 4 is 5.91 Å². The van der Waals surface area contributed by atoms with Gasteiger partial charge in [-0.15, -0.1) is 0 Å². The molecule has 1 N–H and O–H groups in total. The molecule has 3 rings (SSSR count). The van der Waals surface area contributed by atoms with Crippen LogP contribution in [0, 0.1) is 6.92 Å². The first-order valence-corrected chi connectivity index (χ1v) is 9.08. The molecule has 138 valence electrons. The average Bonchev–Trinajstić information content (AvgIpc) is 2.60. The van der Waals surface area contributed by atoms with Crippen molar-refractivity contribution < 1.29 is 14.3 Å². The van der Waals surface area contributed by atoms with Crippen molar-refractivity contribution in [1.82, 2.24) is 5.32 Å². The van der Waals surface area contributed by atoms with E-state index in [0.717, 1.165) is 29.9 Å². The molecule has 0 saturated heterocycles. The molecule has 1 aliphatic rings. The van der Waals surface area contributed by atoms with Gasteiger partial charge in [-0.2, -0.15) is 0 Å². The van der Waals surface area contributed by atoms with E-state index in [2.05, 4.69) is 36.5 Å². The van der Waals surface area contributed by atoms with Crippen molar-refractivity contribution in [1.29, 1.82) is 0 Å².